The Kier molecular flexibility index (Phi) is 4.58. The fourth-order valence-electron chi connectivity index (χ4n) is 2.44. The molecule has 0 saturated heterocycles. The standard InChI is InChI=1S/C17H18N4OS/c1-20(16-5-2-13(8-18)9-19-16)11-17(22)21(15-3-4-15)10-14-6-7-23-12-14/h2,5-7,9,12,15H,3-4,10-11H2,1H3. The van der Waals surface area contributed by atoms with Crippen LogP contribution in [0.15, 0.2) is 35.2 Å². The SMILES string of the molecule is CN(CC(=O)N(Cc1ccsc1)C1CC1)c1ccc(C#N)cn1. The quantitative estimate of drug-likeness (QED) is 0.819. The van der Waals surface area contributed by atoms with Gasteiger partial charge in [0, 0.05) is 25.8 Å². The lowest BCUT2D eigenvalue weighted by Crippen LogP contribution is -2.40. The molecule has 5 nitrogen and oxygen atoms in total. The average molecular weight is 326 g/mol. The number of hydrogen-bond acceptors (Lipinski definition) is 5. The molecule has 0 spiro atoms. The number of carbonyl (C=O) groups is 1. The predicted octanol–water partition coefficient (Wildman–Crippen LogP) is 2.64. The zero-order chi connectivity index (χ0) is 16.2. The summed E-state index contributed by atoms with van der Waals surface area (Å²) in [5.41, 5.74) is 1.71. The van der Waals surface area contributed by atoms with Crippen molar-refractivity contribution in [2.45, 2.75) is 25.4 Å². The second kappa shape index (κ2) is 6.80. The Balaban J connectivity index is 1.64. The van der Waals surface area contributed by atoms with Gasteiger partial charge in [-0.05, 0) is 47.4 Å². The number of aromatic nitrogens is 1. The van der Waals surface area contributed by atoms with Crippen LogP contribution in [0.3, 0.4) is 0 Å². The van der Waals surface area contributed by atoms with E-state index in [1.165, 1.54) is 11.8 Å². The monoisotopic (exact) mass is 326 g/mol. The van der Waals surface area contributed by atoms with E-state index in [4.69, 9.17) is 5.26 Å². The van der Waals surface area contributed by atoms with Crippen LogP contribution in [0.1, 0.15) is 24.0 Å². The Labute approximate surface area is 139 Å². The predicted molar refractivity (Wildman–Crippen MR) is 90.1 cm³/mol. The number of nitrogens with zero attached hydrogens (tertiary/aromatic N) is 4. The van der Waals surface area contributed by atoms with Crippen LogP contribution in [0, 0.1) is 11.3 Å². The van der Waals surface area contributed by atoms with E-state index in [0.29, 0.717) is 30.5 Å². The number of amides is 1. The number of rotatable bonds is 6. The summed E-state index contributed by atoms with van der Waals surface area (Å²) in [4.78, 5) is 20.7. The summed E-state index contributed by atoms with van der Waals surface area (Å²) in [6.07, 6.45) is 3.71. The highest BCUT2D eigenvalue weighted by Gasteiger charge is 2.32. The fraction of sp³-hybridized carbons (Fsp3) is 0.353. The molecule has 1 aliphatic carbocycles. The van der Waals surface area contributed by atoms with Crippen LogP contribution in [-0.2, 0) is 11.3 Å². The summed E-state index contributed by atoms with van der Waals surface area (Å²) >= 11 is 1.65. The van der Waals surface area contributed by atoms with Crippen LogP contribution < -0.4 is 4.90 Å². The molecule has 0 aromatic carbocycles. The van der Waals surface area contributed by atoms with Crippen molar-refractivity contribution in [3.63, 3.8) is 0 Å². The van der Waals surface area contributed by atoms with Gasteiger partial charge >= 0.3 is 0 Å². The first-order valence-electron chi connectivity index (χ1n) is 7.55. The fourth-order valence-corrected chi connectivity index (χ4v) is 3.10. The smallest absolute Gasteiger partial charge is 0.242 e. The third kappa shape index (κ3) is 3.88. The van der Waals surface area contributed by atoms with Gasteiger partial charge in [0.15, 0.2) is 0 Å². The Morgan fingerprint density at radius 1 is 1.43 bits per heavy atom. The van der Waals surface area contributed by atoms with Crippen LogP contribution in [0.4, 0.5) is 5.82 Å². The molecular formula is C17H18N4OS. The van der Waals surface area contributed by atoms with Crippen LogP contribution >= 0.6 is 11.3 Å². The Hall–Kier alpha value is -2.39. The second-order valence-electron chi connectivity index (χ2n) is 5.76. The molecule has 118 valence electrons. The maximum atomic E-state index is 12.7. The summed E-state index contributed by atoms with van der Waals surface area (Å²) in [7, 11) is 1.85. The molecule has 2 aromatic rings. The highest BCUT2D eigenvalue weighted by Crippen LogP contribution is 2.29. The second-order valence-corrected chi connectivity index (χ2v) is 6.54. The van der Waals surface area contributed by atoms with Crippen molar-refractivity contribution in [3.8, 4) is 6.07 Å². The molecule has 0 N–H and O–H groups in total. The normalized spacial score (nSPS) is 13.4. The van der Waals surface area contributed by atoms with Gasteiger partial charge in [0.25, 0.3) is 0 Å². The molecule has 0 atom stereocenters. The van der Waals surface area contributed by atoms with Crippen molar-refractivity contribution in [1.82, 2.24) is 9.88 Å². The van der Waals surface area contributed by atoms with Crippen molar-refractivity contribution in [2.24, 2.45) is 0 Å². The van der Waals surface area contributed by atoms with Crippen LogP contribution in [0.5, 0.6) is 0 Å². The van der Waals surface area contributed by atoms with Gasteiger partial charge in [-0.2, -0.15) is 16.6 Å². The van der Waals surface area contributed by atoms with Crippen molar-refractivity contribution in [1.29, 1.82) is 5.26 Å². The summed E-state index contributed by atoms with van der Waals surface area (Å²) in [6, 6.07) is 7.98. The van der Waals surface area contributed by atoms with Gasteiger partial charge in [0.05, 0.1) is 12.1 Å². The zero-order valence-electron chi connectivity index (χ0n) is 13.0. The van der Waals surface area contributed by atoms with Gasteiger partial charge in [-0.25, -0.2) is 4.98 Å². The number of pyridine rings is 1. The summed E-state index contributed by atoms with van der Waals surface area (Å²) in [5, 5.41) is 12.9. The number of nitriles is 1. The van der Waals surface area contributed by atoms with E-state index in [9.17, 15) is 4.79 Å². The van der Waals surface area contributed by atoms with E-state index in [0.717, 1.165) is 12.8 Å². The van der Waals surface area contributed by atoms with Gasteiger partial charge < -0.3 is 9.80 Å². The highest BCUT2D eigenvalue weighted by atomic mass is 32.1. The van der Waals surface area contributed by atoms with Gasteiger partial charge in [-0.15, -0.1) is 0 Å². The van der Waals surface area contributed by atoms with Crippen molar-refractivity contribution >= 4 is 23.1 Å². The summed E-state index contributed by atoms with van der Waals surface area (Å²) in [5.74, 6) is 0.816. The zero-order valence-corrected chi connectivity index (χ0v) is 13.8. The number of thiophene rings is 1. The van der Waals surface area contributed by atoms with E-state index >= 15 is 0 Å². The number of likely N-dealkylation sites (N-methyl/N-ethyl adjacent to an activating group) is 1. The summed E-state index contributed by atoms with van der Waals surface area (Å²) < 4.78 is 0. The van der Waals surface area contributed by atoms with Gasteiger partial charge in [0.2, 0.25) is 5.91 Å². The minimum Gasteiger partial charge on any atom is -0.350 e. The van der Waals surface area contributed by atoms with Crippen molar-refractivity contribution in [3.05, 3.63) is 46.3 Å². The number of hydrogen-bond donors (Lipinski definition) is 0. The van der Waals surface area contributed by atoms with Crippen LogP contribution in [-0.4, -0.2) is 35.4 Å². The minimum absolute atomic E-state index is 0.118. The molecule has 6 heteroatoms. The lowest BCUT2D eigenvalue weighted by molar-refractivity contribution is -0.130. The van der Waals surface area contributed by atoms with E-state index in [2.05, 4.69) is 16.4 Å². The first-order valence-corrected chi connectivity index (χ1v) is 8.49. The van der Waals surface area contributed by atoms with Crippen LogP contribution in [0.25, 0.3) is 0 Å². The molecule has 2 heterocycles. The number of anilines is 1. The molecule has 23 heavy (non-hydrogen) atoms. The van der Waals surface area contributed by atoms with E-state index < -0.39 is 0 Å². The maximum Gasteiger partial charge on any atom is 0.242 e. The van der Waals surface area contributed by atoms with E-state index in [1.54, 1.807) is 23.5 Å². The van der Waals surface area contributed by atoms with Crippen molar-refractivity contribution < 1.29 is 4.79 Å². The molecule has 0 unspecified atom stereocenters. The molecule has 0 bridgehead atoms. The lowest BCUT2D eigenvalue weighted by Gasteiger charge is -2.25. The highest BCUT2D eigenvalue weighted by molar-refractivity contribution is 7.07. The summed E-state index contributed by atoms with van der Waals surface area (Å²) in [6.45, 7) is 0.973. The molecule has 1 fully saturated rings. The van der Waals surface area contributed by atoms with Gasteiger partial charge in [-0.3, -0.25) is 4.79 Å². The maximum absolute atomic E-state index is 12.7. The lowest BCUT2D eigenvalue weighted by atomic mass is 10.3. The molecule has 0 radical (unpaired) electrons. The van der Waals surface area contributed by atoms with E-state index in [-0.39, 0.29) is 5.91 Å². The number of carbonyl (C=O) groups excluding carboxylic acids is 1. The third-order valence-electron chi connectivity index (χ3n) is 3.88. The topological polar surface area (TPSA) is 60.2 Å². The molecule has 0 aliphatic heterocycles. The molecule has 1 saturated carbocycles. The molecule has 1 aliphatic rings. The first-order chi connectivity index (χ1) is 11.2. The Bertz CT molecular complexity index is 701. The minimum atomic E-state index is 0.118. The van der Waals surface area contributed by atoms with E-state index in [1.807, 2.05) is 28.3 Å². The molecule has 1 amide bonds. The molecule has 2 aromatic heterocycles. The Morgan fingerprint density at radius 3 is 2.83 bits per heavy atom. The average Bonchev–Trinajstić information content (AvgIpc) is 3.28. The third-order valence-corrected chi connectivity index (χ3v) is 4.61. The Morgan fingerprint density at radius 2 is 2.26 bits per heavy atom. The first kappa shape index (κ1) is 15.5. The molecular weight excluding hydrogens is 308 g/mol. The van der Waals surface area contributed by atoms with Gasteiger partial charge in [0.1, 0.15) is 11.9 Å². The van der Waals surface area contributed by atoms with Crippen LogP contribution in [0.2, 0.25) is 0 Å². The van der Waals surface area contributed by atoms with Crippen molar-refractivity contribution in [2.75, 3.05) is 18.5 Å². The van der Waals surface area contributed by atoms with Gasteiger partial charge in [-0.1, -0.05) is 0 Å². The largest absolute Gasteiger partial charge is 0.350 e. The molecule has 3 rings (SSSR count).